The number of nitrogens with one attached hydrogen (secondary N) is 1. The molecule has 0 saturated carbocycles. The van der Waals surface area contributed by atoms with Crippen molar-refractivity contribution < 1.29 is 31.8 Å². The Morgan fingerprint density at radius 1 is 1.03 bits per heavy atom. The van der Waals surface area contributed by atoms with Crippen LogP contribution in [0.1, 0.15) is 12.8 Å². The van der Waals surface area contributed by atoms with Crippen molar-refractivity contribution in [2.24, 2.45) is 0 Å². The van der Waals surface area contributed by atoms with E-state index in [1.807, 2.05) is 6.07 Å². The Balaban J connectivity index is 1.42. The second-order valence-corrected chi connectivity index (χ2v) is 8.12. The van der Waals surface area contributed by atoms with Crippen LogP contribution in [0.15, 0.2) is 42.5 Å². The van der Waals surface area contributed by atoms with E-state index < -0.39 is 18.0 Å². The Morgan fingerprint density at radius 3 is 2.42 bits per heavy atom. The van der Waals surface area contributed by atoms with Crippen molar-refractivity contribution in [1.82, 2.24) is 4.98 Å². The topological polar surface area (TPSA) is 57.6 Å². The Kier molecular flexibility index (Phi) is 5.54. The highest BCUT2D eigenvalue weighted by atomic mass is 32.1. The van der Waals surface area contributed by atoms with Crippen molar-refractivity contribution in [1.29, 1.82) is 0 Å². The number of aromatic hydroxyl groups is 1. The molecule has 0 atom stereocenters. The molecule has 1 fully saturated rings. The number of benzene rings is 2. The molecule has 0 bridgehead atoms. The molecule has 1 aliphatic rings. The van der Waals surface area contributed by atoms with Crippen molar-refractivity contribution in [3.63, 3.8) is 0 Å². The van der Waals surface area contributed by atoms with Crippen LogP contribution < -0.4 is 15.0 Å². The third-order valence-corrected chi connectivity index (χ3v) is 6.12. The fraction of sp³-hybridized carbons (Fsp3) is 0.350. The zero-order chi connectivity index (χ0) is 22.2. The summed E-state index contributed by atoms with van der Waals surface area (Å²) in [4.78, 5) is 6.60. The second-order valence-electron chi connectivity index (χ2n) is 7.14. The normalized spacial score (nSPS) is 16.0. The van der Waals surface area contributed by atoms with Crippen LogP contribution in [-0.4, -0.2) is 41.5 Å². The van der Waals surface area contributed by atoms with E-state index in [0.717, 1.165) is 11.2 Å². The lowest BCUT2D eigenvalue weighted by molar-refractivity contribution is -0.360. The summed E-state index contributed by atoms with van der Waals surface area (Å²) in [5.74, 6) is -0.390. The minimum absolute atomic E-state index is 0.0785. The molecular weight excluding hydrogens is 441 g/mol. The molecule has 1 saturated heterocycles. The van der Waals surface area contributed by atoms with Crippen LogP contribution in [0.2, 0.25) is 0 Å². The maximum atomic E-state index is 13.3. The summed E-state index contributed by atoms with van der Waals surface area (Å²) in [6, 6.07) is 10.3. The second kappa shape index (κ2) is 8.03. The Morgan fingerprint density at radius 2 is 1.74 bits per heavy atom. The molecule has 11 heteroatoms. The van der Waals surface area contributed by atoms with E-state index in [4.69, 9.17) is 0 Å². The molecule has 166 valence electrons. The molecule has 1 aliphatic heterocycles. The standard InChI is InChI=1S/C20H18F5N3O2S/c21-19(22,23)20(24,25)30-16-7-2-1-4-13(16)26-12-8-10-28(11-9-12)18-27-14-5-3-6-15(29)17(14)31-18/h1-7,12,26,29H,8-11H2. The van der Waals surface area contributed by atoms with Gasteiger partial charge in [-0.3, -0.25) is 0 Å². The Labute approximate surface area is 178 Å². The lowest BCUT2D eigenvalue weighted by Crippen LogP contribution is -2.42. The zero-order valence-electron chi connectivity index (χ0n) is 16.0. The lowest BCUT2D eigenvalue weighted by Gasteiger charge is -2.33. The lowest BCUT2D eigenvalue weighted by atomic mass is 10.0. The number of ether oxygens (including phenoxy) is 1. The highest BCUT2D eigenvalue weighted by molar-refractivity contribution is 7.22. The maximum absolute atomic E-state index is 13.3. The van der Waals surface area contributed by atoms with Gasteiger partial charge in [-0.05, 0) is 37.1 Å². The molecule has 31 heavy (non-hydrogen) atoms. The summed E-state index contributed by atoms with van der Waals surface area (Å²) in [6.45, 7) is 1.22. The number of halogens is 5. The Bertz CT molecular complexity index is 1060. The summed E-state index contributed by atoms with van der Waals surface area (Å²) in [5, 5.41) is 13.7. The molecular formula is C20H18F5N3O2S. The van der Waals surface area contributed by atoms with E-state index in [-0.39, 0.29) is 17.5 Å². The number of phenols is 1. The summed E-state index contributed by atoms with van der Waals surface area (Å²) >= 11 is 1.38. The van der Waals surface area contributed by atoms with Gasteiger partial charge in [0.1, 0.15) is 11.5 Å². The van der Waals surface area contributed by atoms with Crippen molar-refractivity contribution in [3.05, 3.63) is 42.5 Å². The SMILES string of the molecule is Oc1cccc2nc(N3CCC(Nc4ccccc4OC(F)(F)C(F)(F)F)CC3)sc12. The highest BCUT2D eigenvalue weighted by Crippen LogP contribution is 2.40. The average Bonchev–Trinajstić information content (AvgIpc) is 3.15. The van der Waals surface area contributed by atoms with E-state index in [9.17, 15) is 27.1 Å². The van der Waals surface area contributed by atoms with E-state index >= 15 is 0 Å². The first-order valence-corrected chi connectivity index (χ1v) is 10.3. The van der Waals surface area contributed by atoms with Crippen LogP contribution in [0.25, 0.3) is 10.2 Å². The maximum Gasteiger partial charge on any atom is 0.499 e. The molecule has 2 N–H and O–H groups in total. The van der Waals surface area contributed by atoms with Crippen LogP contribution >= 0.6 is 11.3 Å². The van der Waals surface area contributed by atoms with Gasteiger partial charge in [-0.1, -0.05) is 29.5 Å². The monoisotopic (exact) mass is 459 g/mol. The minimum Gasteiger partial charge on any atom is -0.506 e. The number of piperidine rings is 1. The van der Waals surface area contributed by atoms with Gasteiger partial charge in [0, 0.05) is 19.1 Å². The van der Waals surface area contributed by atoms with Crippen LogP contribution in [-0.2, 0) is 0 Å². The summed E-state index contributed by atoms with van der Waals surface area (Å²) < 4.78 is 68.8. The number of para-hydroxylation sites is 2. The molecule has 0 amide bonds. The van der Waals surface area contributed by atoms with Gasteiger partial charge in [0.15, 0.2) is 5.13 Å². The fourth-order valence-corrected chi connectivity index (χ4v) is 4.39. The smallest absolute Gasteiger partial charge is 0.499 e. The first-order chi connectivity index (χ1) is 14.6. The number of phenolic OH excluding ortho intramolecular Hbond substituents is 1. The third kappa shape index (κ3) is 4.46. The summed E-state index contributed by atoms with van der Waals surface area (Å²) in [7, 11) is 0. The number of nitrogens with zero attached hydrogens (tertiary/aromatic N) is 2. The van der Waals surface area contributed by atoms with Crippen LogP contribution in [0, 0.1) is 0 Å². The molecule has 2 heterocycles. The summed E-state index contributed by atoms with van der Waals surface area (Å²) in [6.07, 6.45) is -9.86. The van der Waals surface area contributed by atoms with Crippen molar-refractivity contribution in [3.8, 4) is 11.5 Å². The predicted molar refractivity (Wildman–Crippen MR) is 108 cm³/mol. The largest absolute Gasteiger partial charge is 0.506 e. The molecule has 4 rings (SSSR count). The van der Waals surface area contributed by atoms with Crippen molar-refractivity contribution >= 4 is 32.4 Å². The van der Waals surface area contributed by atoms with E-state index in [0.29, 0.717) is 36.1 Å². The molecule has 3 aromatic rings. The summed E-state index contributed by atoms with van der Waals surface area (Å²) in [5.41, 5.74) is 0.784. The van der Waals surface area contributed by atoms with Crippen molar-refractivity contribution in [2.45, 2.75) is 31.2 Å². The molecule has 1 aromatic heterocycles. The minimum atomic E-state index is -5.81. The van der Waals surface area contributed by atoms with Gasteiger partial charge in [0.2, 0.25) is 0 Å². The number of alkyl halides is 5. The quantitative estimate of drug-likeness (QED) is 0.486. The van der Waals surface area contributed by atoms with Crippen molar-refractivity contribution in [2.75, 3.05) is 23.3 Å². The number of thiazole rings is 1. The number of hydrogen-bond donors (Lipinski definition) is 2. The van der Waals surface area contributed by atoms with Gasteiger partial charge in [-0.15, -0.1) is 0 Å². The van der Waals surface area contributed by atoms with Gasteiger partial charge in [0.05, 0.1) is 15.9 Å². The van der Waals surface area contributed by atoms with Gasteiger partial charge in [-0.25, -0.2) is 4.98 Å². The number of hydrogen-bond acceptors (Lipinski definition) is 6. The molecule has 5 nitrogen and oxygen atoms in total. The molecule has 0 spiro atoms. The van der Waals surface area contributed by atoms with Gasteiger partial charge in [0.25, 0.3) is 0 Å². The first-order valence-electron chi connectivity index (χ1n) is 9.46. The fourth-order valence-electron chi connectivity index (χ4n) is 3.36. The van der Waals surface area contributed by atoms with Crippen LogP contribution in [0.4, 0.5) is 32.8 Å². The number of rotatable bonds is 5. The zero-order valence-corrected chi connectivity index (χ0v) is 16.8. The van der Waals surface area contributed by atoms with E-state index in [1.54, 1.807) is 12.1 Å². The van der Waals surface area contributed by atoms with Gasteiger partial charge in [-0.2, -0.15) is 22.0 Å². The van der Waals surface area contributed by atoms with Crippen LogP contribution in [0.5, 0.6) is 11.5 Å². The van der Waals surface area contributed by atoms with Crippen LogP contribution in [0.3, 0.4) is 0 Å². The third-order valence-electron chi connectivity index (χ3n) is 4.96. The Hall–Kier alpha value is -2.82. The number of fused-ring (bicyclic) bond motifs is 1. The number of aromatic nitrogens is 1. The average molecular weight is 459 g/mol. The van der Waals surface area contributed by atoms with E-state index in [1.165, 1.54) is 29.5 Å². The van der Waals surface area contributed by atoms with Gasteiger partial charge >= 0.3 is 12.3 Å². The first kappa shape index (κ1) is 21.4. The van der Waals surface area contributed by atoms with Gasteiger partial charge < -0.3 is 20.1 Å². The predicted octanol–water partition coefficient (Wildman–Crippen LogP) is 5.62. The molecule has 0 aliphatic carbocycles. The molecule has 0 radical (unpaired) electrons. The van der Waals surface area contributed by atoms with E-state index in [2.05, 4.69) is 19.9 Å². The number of anilines is 2. The molecule has 0 unspecified atom stereocenters. The molecule has 2 aromatic carbocycles. The highest BCUT2D eigenvalue weighted by Gasteiger charge is 2.61.